The van der Waals surface area contributed by atoms with E-state index >= 15 is 0 Å². The Kier molecular flexibility index (Phi) is 6.56. The summed E-state index contributed by atoms with van der Waals surface area (Å²) in [7, 11) is 1.59. The molecule has 0 radical (unpaired) electrons. The van der Waals surface area contributed by atoms with E-state index in [0.717, 1.165) is 18.4 Å². The third-order valence-electron chi connectivity index (χ3n) is 5.19. The summed E-state index contributed by atoms with van der Waals surface area (Å²) in [6.07, 6.45) is 8.50. The van der Waals surface area contributed by atoms with Crippen LogP contribution in [0, 0.1) is 11.3 Å². The maximum atomic E-state index is 13.1. The van der Waals surface area contributed by atoms with E-state index in [2.05, 4.69) is 31.7 Å². The van der Waals surface area contributed by atoms with Crippen LogP contribution in [0.2, 0.25) is 0 Å². The fourth-order valence-electron chi connectivity index (χ4n) is 3.61. The van der Waals surface area contributed by atoms with Gasteiger partial charge in [0, 0.05) is 44.9 Å². The number of nitriles is 1. The van der Waals surface area contributed by atoms with Crippen LogP contribution in [0.3, 0.4) is 0 Å². The molecule has 1 aliphatic heterocycles. The number of pyridine rings is 2. The van der Waals surface area contributed by atoms with Gasteiger partial charge in [0.05, 0.1) is 29.9 Å². The van der Waals surface area contributed by atoms with E-state index in [1.54, 1.807) is 36.5 Å². The van der Waals surface area contributed by atoms with E-state index in [1.807, 2.05) is 6.07 Å². The zero-order chi connectivity index (χ0) is 23.2. The zero-order valence-corrected chi connectivity index (χ0v) is 18.0. The van der Waals surface area contributed by atoms with Crippen molar-refractivity contribution < 1.29 is 14.3 Å². The van der Waals surface area contributed by atoms with Crippen molar-refractivity contribution in [2.45, 2.75) is 12.8 Å². The molecule has 1 aliphatic rings. The molecule has 0 bridgehead atoms. The van der Waals surface area contributed by atoms with Gasteiger partial charge in [-0.15, -0.1) is 0 Å². The highest BCUT2D eigenvalue weighted by molar-refractivity contribution is 6.02. The molecule has 0 fully saturated rings. The number of hydrogen-bond donors (Lipinski definition) is 2. The van der Waals surface area contributed by atoms with Crippen LogP contribution < -0.4 is 15.5 Å². The first kappa shape index (κ1) is 21.9. The van der Waals surface area contributed by atoms with Gasteiger partial charge < -0.3 is 14.6 Å². The van der Waals surface area contributed by atoms with Gasteiger partial charge in [0.15, 0.2) is 6.29 Å². The number of nitrogens with zero attached hydrogens (tertiary/aromatic N) is 6. The number of imidazole rings is 1. The fourth-order valence-corrected chi connectivity index (χ4v) is 3.61. The molecule has 11 nitrogen and oxygen atoms in total. The summed E-state index contributed by atoms with van der Waals surface area (Å²) in [5.74, 6) is 0.730. The highest BCUT2D eigenvalue weighted by Gasteiger charge is 2.26. The maximum absolute atomic E-state index is 13.1. The molecule has 3 aromatic heterocycles. The number of hydrogen-bond acceptors (Lipinski definition) is 8. The van der Waals surface area contributed by atoms with Crippen molar-refractivity contribution in [1.82, 2.24) is 19.5 Å². The zero-order valence-electron chi connectivity index (χ0n) is 18.0. The SMILES string of the molecule is COCCNc1cc(NC(=O)N2CCCc3cc(-n4ccnc4)c(C=O)nc32)ncc1C#N. The number of urea groups is 1. The van der Waals surface area contributed by atoms with Gasteiger partial charge in [-0.2, -0.15) is 5.26 Å². The number of anilines is 3. The van der Waals surface area contributed by atoms with Crippen molar-refractivity contribution in [2.75, 3.05) is 42.3 Å². The molecule has 2 N–H and O–H groups in total. The summed E-state index contributed by atoms with van der Waals surface area (Å²) in [6, 6.07) is 5.12. The minimum absolute atomic E-state index is 0.215. The van der Waals surface area contributed by atoms with E-state index in [-0.39, 0.29) is 11.5 Å². The lowest BCUT2D eigenvalue weighted by molar-refractivity contribution is 0.111. The number of ether oxygens (including phenoxy) is 1. The molecule has 168 valence electrons. The Hall–Kier alpha value is -4.30. The number of fused-ring (bicyclic) bond motifs is 1. The topological polar surface area (TPSA) is 138 Å². The summed E-state index contributed by atoms with van der Waals surface area (Å²) in [5.41, 5.74) is 2.60. The number of aryl methyl sites for hydroxylation is 1. The number of aldehydes is 1. The molecule has 0 atom stereocenters. The van der Waals surface area contributed by atoms with Crippen molar-refractivity contribution in [1.29, 1.82) is 5.26 Å². The van der Waals surface area contributed by atoms with Crippen molar-refractivity contribution in [3.63, 3.8) is 0 Å². The Morgan fingerprint density at radius 2 is 2.27 bits per heavy atom. The largest absolute Gasteiger partial charge is 0.383 e. The van der Waals surface area contributed by atoms with Crippen LogP contribution in [-0.4, -0.2) is 58.6 Å². The number of nitrogens with one attached hydrogen (secondary N) is 2. The van der Waals surface area contributed by atoms with Gasteiger partial charge in [0.1, 0.15) is 23.4 Å². The molecule has 4 rings (SSSR count). The second-order valence-electron chi connectivity index (χ2n) is 7.30. The molecule has 3 aromatic rings. The Morgan fingerprint density at radius 3 is 3.00 bits per heavy atom. The Balaban J connectivity index is 1.59. The van der Waals surface area contributed by atoms with Gasteiger partial charge in [-0.05, 0) is 24.5 Å². The molecule has 0 aliphatic carbocycles. The Bertz CT molecular complexity index is 1200. The van der Waals surface area contributed by atoms with Crippen molar-refractivity contribution in [2.24, 2.45) is 0 Å². The molecule has 0 spiro atoms. The fraction of sp³-hybridized carbons (Fsp3) is 0.273. The minimum atomic E-state index is -0.421. The number of rotatable bonds is 7. The van der Waals surface area contributed by atoms with Crippen LogP contribution in [0.5, 0.6) is 0 Å². The second-order valence-corrected chi connectivity index (χ2v) is 7.30. The third kappa shape index (κ3) is 4.65. The standard InChI is InChI=1S/C22H22N8O3/c1-33-8-5-25-17-10-20(26-12-16(17)11-23)28-22(32)30-6-2-3-15-9-19(29-7-4-24-14-29)18(13-31)27-21(15)30/h4,7,9-10,12-14H,2-3,5-6,8H2,1H3,(H2,25,26,28,32). The summed E-state index contributed by atoms with van der Waals surface area (Å²) in [6.45, 7) is 1.41. The molecule has 2 amide bonds. The van der Waals surface area contributed by atoms with Crippen molar-refractivity contribution in [3.05, 3.63) is 53.9 Å². The molecule has 11 heteroatoms. The number of methoxy groups -OCH3 is 1. The van der Waals surface area contributed by atoms with Gasteiger partial charge in [0.2, 0.25) is 0 Å². The molecular weight excluding hydrogens is 424 g/mol. The first-order chi connectivity index (χ1) is 16.1. The Labute approximate surface area is 190 Å². The first-order valence-electron chi connectivity index (χ1n) is 10.3. The highest BCUT2D eigenvalue weighted by Crippen LogP contribution is 2.29. The van der Waals surface area contributed by atoms with Crippen LogP contribution in [0.1, 0.15) is 28.0 Å². The molecule has 0 aromatic carbocycles. The predicted octanol–water partition coefficient (Wildman–Crippen LogP) is 2.39. The molecule has 33 heavy (non-hydrogen) atoms. The molecule has 0 unspecified atom stereocenters. The number of aromatic nitrogens is 4. The van der Waals surface area contributed by atoms with Gasteiger partial charge in [-0.1, -0.05) is 0 Å². The molecule has 0 saturated carbocycles. The van der Waals surface area contributed by atoms with Crippen LogP contribution in [0.15, 0.2) is 37.1 Å². The second kappa shape index (κ2) is 9.88. The summed E-state index contributed by atoms with van der Waals surface area (Å²) < 4.78 is 6.74. The number of amides is 2. The maximum Gasteiger partial charge on any atom is 0.328 e. The lowest BCUT2D eigenvalue weighted by Gasteiger charge is -2.29. The first-order valence-corrected chi connectivity index (χ1v) is 10.3. The van der Waals surface area contributed by atoms with Crippen molar-refractivity contribution >= 4 is 29.6 Å². The molecular formula is C22H22N8O3. The van der Waals surface area contributed by atoms with Crippen LogP contribution in [0.25, 0.3) is 5.69 Å². The van der Waals surface area contributed by atoms with Crippen LogP contribution >= 0.6 is 0 Å². The highest BCUT2D eigenvalue weighted by atomic mass is 16.5. The predicted molar refractivity (Wildman–Crippen MR) is 121 cm³/mol. The van der Waals surface area contributed by atoms with Crippen molar-refractivity contribution in [3.8, 4) is 11.8 Å². The monoisotopic (exact) mass is 446 g/mol. The minimum Gasteiger partial charge on any atom is -0.383 e. The van der Waals surface area contributed by atoms with Crippen LogP contribution in [-0.2, 0) is 11.2 Å². The van der Waals surface area contributed by atoms with Gasteiger partial charge in [-0.3, -0.25) is 15.0 Å². The van der Waals surface area contributed by atoms with Gasteiger partial charge in [0.25, 0.3) is 0 Å². The number of carbonyl (C=O) groups excluding carboxylic acids is 2. The van der Waals surface area contributed by atoms with Gasteiger partial charge >= 0.3 is 6.03 Å². The van der Waals surface area contributed by atoms with Gasteiger partial charge in [-0.25, -0.2) is 19.7 Å². The normalized spacial score (nSPS) is 12.5. The van der Waals surface area contributed by atoms with E-state index < -0.39 is 6.03 Å². The lowest BCUT2D eigenvalue weighted by atomic mass is 10.0. The van der Waals surface area contributed by atoms with E-state index in [4.69, 9.17) is 4.74 Å². The number of carbonyl (C=O) groups is 2. The molecule has 4 heterocycles. The van der Waals surface area contributed by atoms with E-state index in [1.165, 1.54) is 11.1 Å². The lowest BCUT2D eigenvalue weighted by Crippen LogP contribution is -2.39. The average molecular weight is 446 g/mol. The molecule has 0 saturated heterocycles. The third-order valence-corrected chi connectivity index (χ3v) is 5.19. The summed E-state index contributed by atoms with van der Waals surface area (Å²) >= 11 is 0. The van der Waals surface area contributed by atoms with Crippen LogP contribution in [0.4, 0.5) is 22.1 Å². The quantitative estimate of drug-likeness (QED) is 0.417. The summed E-state index contributed by atoms with van der Waals surface area (Å²) in [4.78, 5) is 39.0. The smallest absolute Gasteiger partial charge is 0.328 e. The Morgan fingerprint density at radius 1 is 1.39 bits per heavy atom. The van der Waals surface area contributed by atoms with E-state index in [0.29, 0.717) is 48.7 Å². The van der Waals surface area contributed by atoms with E-state index in [9.17, 15) is 14.9 Å². The summed E-state index contributed by atoms with van der Waals surface area (Å²) in [5, 5.41) is 15.2. The average Bonchev–Trinajstić information content (AvgIpc) is 3.38.